The highest BCUT2D eigenvalue weighted by molar-refractivity contribution is 7.50. The van der Waals surface area contributed by atoms with E-state index >= 15 is 0 Å². The molecule has 0 heterocycles. The van der Waals surface area contributed by atoms with Gasteiger partial charge in [0, 0.05) is 25.5 Å². The lowest BCUT2D eigenvalue weighted by molar-refractivity contribution is -0.196. The van der Waals surface area contributed by atoms with Gasteiger partial charge in [0.05, 0.1) is 6.61 Å². The highest BCUT2D eigenvalue weighted by atomic mass is 31.2. The van der Waals surface area contributed by atoms with Gasteiger partial charge in [-0.1, -0.05) is 56.0 Å². The van der Waals surface area contributed by atoms with Crippen molar-refractivity contribution in [1.29, 1.82) is 0 Å². The molecule has 30 heavy (non-hydrogen) atoms. The second kappa shape index (κ2) is 9.30. The molecule has 0 aliphatic heterocycles. The first-order valence-electron chi connectivity index (χ1n) is 10.0. The van der Waals surface area contributed by atoms with Crippen molar-refractivity contribution < 1.29 is 18.8 Å². The maximum Gasteiger partial charge on any atom is 0.220 e. The van der Waals surface area contributed by atoms with Gasteiger partial charge in [0.25, 0.3) is 0 Å². The lowest BCUT2D eigenvalue weighted by Gasteiger charge is -2.33. The number of hydrogen-bond acceptors (Lipinski definition) is 4. The maximum absolute atomic E-state index is 11.9. The van der Waals surface area contributed by atoms with E-state index in [1.54, 1.807) is 0 Å². The molecule has 0 spiro atoms. The van der Waals surface area contributed by atoms with Crippen LogP contribution in [0, 0.1) is 0 Å². The zero-order valence-electron chi connectivity index (χ0n) is 16.5. The smallest absolute Gasteiger partial charge is 0.220 e. The molecular weight excluding hydrogens is 397 g/mol. The average Bonchev–Trinajstić information content (AvgIpc) is 2.68. The van der Waals surface area contributed by atoms with Gasteiger partial charge in [-0.05, 0) is 52.7 Å². The SMILES string of the molecule is C.CP(=O)([O-])OCCNC(=O)CCCc1cc2c3c(c1)CC=C1C=CC=C(C=C2)C13. The monoisotopic (exact) mass is 426 g/mol. The summed E-state index contributed by atoms with van der Waals surface area (Å²) >= 11 is 0. The Bertz CT molecular complexity index is 997. The van der Waals surface area contributed by atoms with Crippen molar-refractivity contribution in [2.24, 2.45) is 0 Å². The van der Waals surface area contributed by atoms with E-state index in [9.17, 15) is 14.3 Å². The van der Waals surface area contributed by atoms with Crippen molar-refractivity contribution in [3.63, 3.8) is 0 Å². The van der Waals surface area contributed by atoms with Gasteiger partial charge in [0.15, 0.2) is 0 Å². The molecule has 2 unspecified atom stereocenters. The summed E-state index contributed by atoms with van der Waals surface area (Å²) in [6.07, 6.45) is 16.3. The molecule has 2 atom stereocenters. The minimum Gasteiger partial charge on any atom is -0.779 e. The van der Waals surface area contributed by atoms with Gasteiger partial charge in [0.2, 0.25) is 5.91 Å². The number of carbonyl (C=O) groups excluding carboxylic acids is 1. The van der Waals surface area contributed by atoms with Crippen molar-refractivity contribution in [3.05, 3.63) is 75.9 Å². The normalized spacial score (nSPS) is 19.7. The fourth-order valence-corrected chi connectivity index (χ4v) is 4.72. The van der Waals surface area contributed by atoms with Gasteiger partial charge in [-0.25, -0.2) is 0 Å². The Morgan fingerprint density at radius 2 is 2.10 bits per heavy atom. The third-order valence-electron chi connectivity index (χ3n) is 5.52. The average molecular weight is 426 g/mol. The van der Waals surface area contributed by atoms with E-state index in [0.717, 1.165) is 25.9 Å². The number of aryl methyl sites for hydroxylation is 1. The molecule has 1 amide bonds. The first-order valence-corrected chi connectivity index (χ1v) is 12.0. The first-order chi connectivity index (χ1) is 13.9. The van der Waals surface area contributed by atoms with E-state index in [1.807, 2.05) is 0 Å². The largest absolute Gasteiger partial charge is 0.779 e. The van der Waals surface area contributed by atoms with E-state index in [2.05, 4.69) is 58.4 Å². The fourth-order valence-electron chi connectivity index (χ4n) is 4.29. The van der Waals surface area contributed by atoms with Gasteiger partial charge in [-0.15, -0.1) is 0 Å². The number of nitrogens with one attached hydrogen (secondary N) is 1. The molecule has 1 aromatic carbocycles. The number of hydrogen-bond donors (Lipinski definition) is 1. The molecule has 0 saturated heterocycles. The summed E-state index contributed by atoms with van der Waals surface area (Å²) < 4.78 is 15.6. The van der Waals surface area contributed by atoms with Crippen LogP contribution in [0.4, 0.5) is 0 Å². The van der Waals surface area contributed by atoms with Gasteiger partial charge >= 0.3 is 0 Å². The summed E-state index contributed by atoms with van der Waals surface area (Å²) in [6.45, 7) is 1.20. The highest BCUT2D eigenvalue weighted by Gasteiger charge is 2.30. The Labute approximate surface area is 178 Å². The minimum atomic E-state index is -3.73. The predicted octanol–water partition coefficient (Wildman–Crippen LogP) is 4.05. The van der Waals surface area contributed by atoms with E-state index in [4.69, 9.17) is 0 Å². The third kappa shape index (κ3) is 5.10. The summed E-state index contributed by atoms with van der Waals surface area (Å²) in [5, 5.41) is 2.70. The van der Waals surface area contributed by atoms with Crippen LogP contribution in [-0.2, 0) is 26.7 Å². The van der Waals surface area contributed by atoms with Crippen molar-refractivity contribution in [1.82, 2.24) is 5.32 Å². The molecule has 0 radical (unpaired) electrons. The van der Waals surface area contributed by atoms with Crippen LogP contribution in [0.15, 0.2) is 53.7 Å². The summed E-state index contributed by atoms with van der Waals surface area (Å²) in [6, 6.07) is 4.55. The third-order valence-corrected chi connectivity index (χ3v) is 6.17. The number of rotatable bonds is 8. The van der Waals surface area contributed by atoms with Crippen LogP contribution in [0.25, 0.3) is 6.08 Å². The van der Waals surface area contributed by atoms with Crippen molar-refractivity contribution in [2.45, 2.75) is 39.0 Å². The highest BCUT2D eigenvalue weighted by Crippen LogP contribution is 2.46. The molecule has 0 aromatic heterocycles. The van der Waals surface area contributed by atoms with E-state index < -0.39 is 7.60 Å². The summed E-state index contributed by atoms with van der Waals surface area (Å²) in [5.41, 5.74) is 8.13. The van der Waals surface area contributed by atoms with Crippen LogP contribution in [-0.4, -0.2) is 25.7 Å². The van der Waals surface area contributed by atoms with Crippen molar-refractivity contribution in [2.75, 3.05) is 19.8 Å². The maximum atomic E-state index is 11.9. The van der Waals surface area contributed by atoms with Gasteiger partial charge in [-0.3, -0.25) is 4.79 Å². The van der Waals surface area contributed by atoms with Crippen LogP contribution in [0.5, 0.6) is 0 Å². The topological polar surface area (TPSA) is 78.5 Å². The first kappa shape index (κ1) is 22.5. The lowest BCUT2D eigenvalue weighted by atomic mass is 9.70. The second-order valence-corrected chi connectivity index (χ2v) is 9.57. The minimum absolute atomic E-state index is 0. The van der Waals surface area contributed by atoms with Crippen molar-refractivity contribution >= 4 is 19.6 Å². The molecule has 1 N–H and O–H groups in total. The van der Waals surface area contributed by atoms with Crippen LogP contribution in [0.2, 0.25) is 0 Å². The quantitative estimate of drug-likeness (QED) is 0.503. The molecule has 6 heteroatoms. The molecular formula is C24H29NO4P-. The number of allylic oxidation sites excluding steroid dienone is 7. The van der Waals surface area contributed by atoms with E-state index in [1.165, 1.54) is 33.4 Å². The zero-order valence-corrected chi connectivity index (χ0v) is 17.4. The van der Waals surface area contributed by atoms with Gasteiger partial charge in [-0.2, -0.15) is 0 Å². The van der Waals surface area contributed by atoms with Crippen molar-refractivity contribution in [3.8, 4) is 0 Å². The van der Waals surface area contributed by atoms with E-state index in [-0.39, 0.29) is 26.5 Å². The Morgan fingerprint density at radius 3 is 2.90 bits per heavy atom. The van der Waals surface area contributed by atoms with Crippen LogP contribution < -0.4 is 10.2 Å². The second-order valence-electron chi connectivity index (χ2n) is 7.77. The Hall–Kier alpha value is -2.20. The molecule has 0 fully saturated rings. The Morgan fingerprint density at radius 1 is 1.27 bits per heavy atom. The standard InChI is InChI=1S/C23H26NO4P.CH4/c1-29(26,27)28-13-12-24-21(25)7-2-4-16-14-19-10-8-17-5-3-6-18-9-11-20(15-16)23(19)22(17)18;/h3,5-6,8-10,14-15,22H,2,4,7,11-13H2,1H3,(H,24,25)(H,26,27);1H4/p-1. The Balaban J connectivity index is 0.00000256. The van der Waals surface area contributed by atoms with E-state index in [0.29, 0.717) is 12.3 Å². The lowest BCUT2D eigenvalue weighted by Crippen LogP contribution is -2.27. The number of benzene rings is 1. The molecule has 4 rings (SSSR count). The Kier molecular flexibility index (Phi) is 6.97. The fraction of sp³-hybridized carbons (Fsp3) is 0.375. The van der Waals surface area contributed by atoms with Gasteiger partial charge < -0.3 is 19.3 Å². The van der Waals surface area contributed by atoms with Gasteiger partial charge in [0.1, 0.15) is 7.60 Å². The number of amides is 1. The van der Waals surface area contributed by atoms with Crippen LogP contribution in [0.1, 0.15) is 48.4 Å². The molecule has 0 bridgehead atoms. The summed E-state index contributed by atoms with van der Waals surface area (Å²) in [7, 11) is -3.73. The zero-order chi connectivity index (χ0) is 20.4. The molecule has 3 aliphatic carbocycles. The van der Waals surface area contributed by atoms with Crippen LogP contribution >= 0.6 is 7.60 Å². The molecule has 3 aliphatic rings. The predicted molar refractivity (Wildman–Crippen MR) is 119 cm³/mol. The summed E-state index contributed by atoms with van der Waals surface area (Å²) in [4.78, 5) is 22.9. The number of carbonyl (C=O) groups is 1. The molecule has 0 saturated carbocycles. The molecule has 1 aromatic rings. The van der Waals surface area contributed by atoms with Crippen LogP contribution in [0.3, 0.4) is 0 Å². The summed E-state index contributed by atoms with van der Waals surface area (Å²) in [5.74, 6) is 0.291. The molecule has 160 valence electrons. The molecule has 5 nitrogen and oxygen atoms in total.